The summed E-state index contributed by atoms with van der Waals surface area (Å²) in [6, 6.07) is 25.2. The van der Waals surface area contributed by atoms with E-state index in [1.54, 1.807) is 12.1 Å². The zero-order valence-electron chi connectivity index (χ0n) is 18.7. The van der Waals surface area contributed by atoms with E-state index in [1.807, 2.05) is 86.7 Å². The van der Waals surface area contributed by atoms with Crippen molar-refractivity contribution in [2.24, 2.45) is 5.10 Å². The summed E-state index contributed by atoms with van der Waals surface area (Å²) in [6.45, 7) is 6.62. The van der Waals surface area contributed by atoms with E-state index in [4.69, 9.17) is 4.74 Å². The predicted molar refractivity (Wildman–Crippen MR) is 132 cm³/mol. The van der Waals surface area contributed by atoms with Gasteiger partial charge in [-0.15, -0.1) is 0 Å². The highest BCUT2D eigenvalue weighted by Gasteiger charge is 2.06. The first-order chi connectivity index (χ1) is 15.6. The summed E-state index contributed by atoms with van der Waals surface area (Å²) in [5.41, 5.74) is 8.13. The van der Waals surface area contributed by atoms with Crippen LogP contribution < -0.4 is 5.43 Å². The number of allylic oxidation sites excluding steroid dienone is 3. The number of hydrogen-bond donors (Lipinski definition) is 1. The number of carbonyl (C=O) groups excluding carboxylic acids is 1. The molecule has 0 aliphatic carbocycles. The monoisotopic (exact) mass is 424 g/mol. The fourth-order valence-corrected chi connectivity index (χ4v) is 3.02. The van der Waals surface area contributed by atoms with Crippen molar-refractivity contribution in [3.05, 3.63) is 125 Å². The van der Waals surface area contributed by atoms with Crippen LogP contribution in [0, 0.1) is 13.8 Å². The molecule has 0 aromatic heterocycles. The van der Waals surface area contributed by atoms with Gasteiger partial charge in [0, 0.05) is 16.7 Å². The second-order valence-corrected chi connectivity index (χ2v) is 7.36. The van der Waals surface area contributed by atoms with Crippen molar-refractivity contribution in [1.82, 2.24) is 5.43 Å². The molecule has 0 aliphatic rings. The summed E-state index contributed by atoms with van der Waals surface area (Å²) < 4.78 is 5.83. The lowest BCUT2D eigenvalue weighted by Gasteiger charge is -2.08. The number of benzene rings is 3. The molecule has 3 aromatic carbocycles. The van der Waals surface area contributed by atoms with Crippen molar-refractivity contribution in [3.8, 4) is 0 Å². The average molecular weight is 425 g/mol. The zero-order chi connectivity index (χ0) is 22.8. The van der Waals surface area contributed by atoms with Gasteiger partial charge in [0.1, 0.15) is 5.76 Å². The molecule has 0 radical (unpaired) electrons. The number of hydrazone groups is 1. The molecule has 0 heterocycles. The number of carbonyl (C=O) groups is 1. The van der Waals surface area contributed by atoms with Gasteiger partial charge in [-0.3, -0.25) is 4.79 Å². The summed E-state index contributed by atoms with van der Waals surface area (Å²) in [5.74, 6) is 0.522. The van der Waals surface area contributed by atoms with Gasteiger partial charge >= 0.3 is 0 Å². The molecule has 0 fully saturated rings. The maximum Gasteiger partial charge on any atom is 0.271 e. The maximum atomic E-state index is 12.4. The predicted octanol–water partition coefficient (Wildman–Crippen LogP) is 6.07. The Bertz CT molecular complexity index is 1110. The van der Waals surface area contributed by atoms with E-state index in [1.165, 1.54) is 5.56 Å². The summed E-state index contributed by atoms with van der Waals surface area (Å²) >= 11 is 0. The Balaban J connectivity index is 1.87. The number of amides is 1. The van der Waals surface area contributed by atoms with Crippen molar-refractivity contribution < 1.29 is 9.53 Å². The lowest BCUT2D eigenvalue weighted by molar-refractivity contribution is 0.0955. The molecule has 0 bridgehead atoms. The largest absolute Gasteiger partial charge is 0.493 e. The quantitative estimate of drug-likeness (QED) is 0.206. The SMILES string of the molecule is CCO\C(=C/C=C/C(=N\NC(=O)c1ccccc1)c1ccc(C)cc1)c1ccc(C)cc1. The zero-order valence-corrected chi connectivity index (χ0v) is 18.7. The third-order valence-corrected chi connectivity index (χ3v) is 4.80. The van der Waals surface area contributed by atoms with Gasteiger partial charge in [0.05, 0.1) is 12.3 Å². The van der Waals surface area contributed by atoms with Gasteiger partial charge in [0.15, 0.2) is 0 Å². The first kappa shape index (κ1) is 22.8. The number of nitrogens with zero attached hydrogens (tertiary/aromatic N) is 1. The normalized spacial score (nSPS) is 12.1. The molecule has 1 N–H and O–H groups in total. The maximum absolute atomic E-state index is 12.4. The van der Waals surface area contributed by atoms with E-state index >= 15 is 0 Å². The summed E-state index contributed by atoms with van der Waals surface area (Å²) in [7, 11) is 0. The lowest BCUT2D eigenvalue weighted by Crippen LogP contribution is -2.19. The number of rotatable bonds is 8. The molecule has 0 atom stereocenters. The van der Waals surface area contributed by atoms with Crippen LogP contribution in [0.25, 0.3) is 5.76 Å². The van der Waals surface area contributed by atoms with Gasteiger partial charge in [0.2, 0.25) is 0 Å². The summed E-state index contributed by atoms with van der Waals surface area (Å²) in [5, 5.41) is 4.39. The fourth-order valence-electron chi connectivity index (χ4n) is 3.02. The highest BCUT2D eigenvalue weighted by atomic mass is 16.5. The molecule has 3 rings (SSSR count). The molecule has 4 heteroatoms. The van der Waals surface area contributed by atoms with E-state index < -0.39 is 0 Å². The smallest absolute Gasteiger partial charge is 0.271 e. The van der Waals surface area contributed by atoms with E-state index in [2.05, 4.69) is 29.6 Å². The van der Waals surface area contributed by atoms with E-state index in [9.17, 15) is 4.79 Å². The van der Waals surface area contributed by atoms with E-state index in [0.717, 1.165) is 22.4 Å². The van der Waals surface area contributed by atoms with Crippen LogP contribution >= 0.6 is 0 Å². The minimum Gasteiger partial charge on any atom is -0.493 e. The molecule has 3 aromatic rings. The summed E-state index contributed by atoms with van der Waals surface area (Å²) in [4.78, 5) is 12.4. The van der Waals surface area contributed by atoms with Gasteiger partial charge in [-0.05, 0) is 45.1 Å². The van der Waals surface area contributed by atoms with Crippen molar-refractivity contribution in [3.63, 3.8) is 0 Å². The standard InChI is InChI=1S/C28H28N2O2/c1-4-32-27(24-19-15-22(3)16-20-24)12-8-11-26(23-17-13-21(2)14-18-23)29-30-28(31)25-9-6-5-7-10-25/h5-20H,4H2,1-3H3,(H,30,31)/b11-8+,27-12-,29-26+. The van der Waals surface area contributed by atoms with Gasteiger partial charge < -0.3 is 4.74 Å². The molecule has 162 valence electrons. The number of nitrogens with one attached hydrogen (secondary N) is 1. The van der Waals surface area contributed by atoms with Crippen LogP contribution in [0.5, 0.6) is 0 Å². The van der Waals surface area contributed by atoms with Crippen LogP contribution in [-0.2, 0) is 4.74 Å². The van der Waals surface area contributed by atoms with Crippen LogP contribution in [0.2, 0.25) is 0 Å². The van der Waals surface area contributed by atoms with Crippen LogP contribution in [0.1, 0.15) is 39.5 Å². The average Bonchev–Trinajstić information content (AvgIpc) is 2.82. The second kappa shape index (κ2) is 11.5. The molecule has 0 aliphatic heterocycles. The number of hydrogen-bond acceptors (Lipinski definition) is 3. The van der Waals surface area contributed by atoms with Gasteiger partial charge in [-0.25, -0.2) is 5.43 Å². The Morgan fingerprint density at radius 2 is 1.44 bits per heavy atom. The number of ether oxygens (including phenoxy) is 1. The molecular formula is C28H28N2O2. The van der Waals surface area contributed by atoms with Crippen LogP contribution in [0.3, 0.4) is 0 Å². The van der Waals surface area contributed by atoms with Gasteiger partial charge in [0.25, 0.3) is 5.91 Å². The molecule has 0 saturated heterocycles. The minimum absolute atomic E-state index is 0.256. The molecule has 32 heavy (non-hydrogen) atoms. The first-order valence-corrected chi connectivity index (χ1v) is 10.6. The Hall–Kier alpha value is -3.92. The van der Waals surface area contributed by atoms with Crippen LogP contribution in [-0.4, -0.2) is 18.2 Å². The van der Waals surface area contributed by atoms with Crippen LogP contribution in [0.15, 0.2) is 102 Å². The van der Waals surface area contributed by atoms with Gasteiger partial charge in [-0.1, -0.05) is 83.9 Å². The topological polar surface area (TPSA) is 50.7 Å². The Labute approximate surface area is 190 Å². The Morgan fingerprint density at radius 3 is 2.03 bits per heavy atom. The Morgan fingerprint density at radius 1 is 0.844 bits per heavy atom. The first-order valence-electron chi connectivity index (χ1n) is 10.6. The third-order valence-electron chi connectivity index (χ3n) is 4.80. The third kappa shape index (κ3) is 6.54. The van der Waals surface area contributed by atoms with Crippen molar-refractivity contribution in [2.45, 2.75) is 20.8 Å². The Kier molecular flexibility index (Phi) is 8.15. The summed E-state index contributed by atoms with van der Waals surface area (Å²) in [6.07, 6.45) is 5.66. The van der Waals surface area contributed by atoms with Crippen molar-refractivity contribution in [2.75, 3.05) is 6.61 Å². The van der Waals surface area contributed by atoms with Gasteiger partial charge in [-0.2, -0.15) is 5.10 Å². The van der Waals surface area contributed by atoms with Crippen LogP contribution in [0.4, 0.5) is 0 Å². The fraction of sp³-hybridized carbons (Fsp3) is 0.143. The molecule has 1 amide bonds. The molecule has 0 spiro atoms. The van der Waals surface area contributed by atoms with E-state index in [-0.39, 0.29) is 5.91 Å². The minimum atomic E-state index is -0.256. The highest BCUT2D eigenvalue weighted by Crippen LogP contribution is 2.17. The number of aryl methyl sites for hydroxylation is 2. The molecule has 0 unspecified atom stereocenters. The lowest BCUT2D eigenvalue weighted by atomic mass is 10.1. The molecular weight excluding hydrogens is 396 g/mol. The molecule has 0 saturated carbocycles. The van der Waals surface area contributed by atoms with Crippen molar-refractivity contribution in [1.29, 1.82) is 0 Å². The highest BCUT2D eigenvalue weighted by molar-refractivity contribution is 6.09. The van der Waals surface area contributed by atoms with E-state index in [0.29, 0.717) is 17.9 Å². The van der Waals surface area contributed by atoms with Crippen molar-refractivity contribution >= 4 is 17.4 Å². The second-order valence-electron chi connectivity index (χ2n) is 7.36. The molecule has 4 nitrogen and oxygen atoms in total.